The van der Waals surface area contributed by atoms with Crippen LogP contribution in [-0.4, -0.2) is 109 Å². The lowest BCUT2D eigenvalue weighted by atomic mass is 9.84. The lowest BCUT2D eigenvalue weighted by Crippen LogP contribution is -2.59. The predicted octanol–water partition coefficient (Wildman–Crippen LogP) is 7.21. The number of carbonyl (C=O) groups is 4. The highest BCUT2D eigenvalue weighted by molar-refractivity contribution is 7.09. The minimum Gasteiger partial charge on any atom is -0.465 e. The summed E-state index contributed by atoms with van der Waals surface area (Å²) in [5.74, 6) is -0.598. The SMILES string of the molecule is CC(C)c1nc(CN2CCN([C@H](C(=O)N[C@@H](Cc3ccccc3)[C@@H](O)C[C@H](Cc3ccc(-c4ccccn4)cc3)NC(=O)[C@@H](N(C)C(=O)O)C(C)(C)C)C(C)(C)C)C2=O)cs1. The number of carbonyl (C=O) groups excluding carboxylic acids is 3. The maximum atomic E-state index is 14.6. The van der Waals surface area contributed by atoms with Gasteiger partial charge in [0.15, 0.2) is 0 Å². The molecule has 5 atom stereocenters. The Morgan fingerprint density at radius 3 is 2.08 bits per heavy atom. The molecule has 2 aromatic heterocycles. The second kappa shape index (κ2) is 20.0. The van der Waals surface area contributed by atoms with Gasteiger partial charge in [0.25, 0.3) is 0 Å². The third-order valence-electron chi connectivity index (χ3n) is 11.0. The lowest BCUT2D eigenvalue weighted by Gasteiger charge is -2.38. The summed E-state index contributed by atoms with van der Waals surface area (Å²) in [6, 6.07) is 19.4. The Hall–Kier alpha value is -5.34. The first-order chi connectivity index (χ1) is 28.7. The van der Waals surface area contributed by atoms with Crippen molar-refractivity contribution in [3.63, 3.8) is 0 Å². The zero-order valence-corrected chi connectivity index (χ0v) is 37.8. The van der Waals surface area contributed by atoms with Crippen LogP contribution in [0, 0.1) is 10.8 Å². The minimum absolute atomic E-state index is 0.0295. The van der Waals surface area contributed by atoms with E-state index in [0.29, 0.717) is 26.1 Å². The van der Waals surface area contributed by atoms with Crippen molar-refractivity contribution in [2.75, 3.05) is 20.1 Å². The number of urea groups is 1. The van der Waals surface area contributed by atoms with Gasteiger partial charge in [0.1, 0.15) is 12.1 Å². The molecule has 4 N–H and O–H groups in total. The average Bonchev–Trinajstić information content (AvgIpc) is 3.81. The normalized spacial score (nSPS) is 15.9. The van der Waals surface area contributed by atoms with Gasteiger partial charge in [-0.25, -0.2) is 14.6 Å². The molecule has 0 bridgehead atoms. The van der Waals surface area contributed by atoms with Crippen LogP contribution in [0.3, 0.4) is 0 Å². The number of nitrogens with zero attached hydrogens (tertiary/aromatic N) is 5. The van der Waals surface area contributed by atoms with E-state index in [2.05, 4.69) is 29.5 Å². The molecule has 14 heteroatoms. The Kier molecular flexibility index (Phi) is 15.3. The molecule has 3 heterocycles. The number of aliphatic hydroxyl groups is 1. The quantitative estimate of drug-likeness (QED) is 0.0865. The number of carboxylic acid groups (broad SMARTS) is 1. The minimum atomic E-state index is -1.24. The second-order valence-corrected chi connectivity index (χ2v) is 19.5. The van der Waals surface area contributed by atoms with Crippen molar-refractivity contribution in [2.45, 2.75) is 117 Å². The first kappa shape index (κ1) is 46.7. The molecule has 0 radical (unpaired) electrons. The third kappa shape index (κ3) is 12.4. The average molecular weight is 854 g/mol. The molecule has 1 aliphatic heterocycles. The van der Waals surface area contributed by atoms with E-state index in [1.54, 1.807) is 48.1 Å². The summed E-state index contributed by atoms with van der Waals surface area (Å²) >= 11 is 1.58. The number of hydrogen-bond acceptors (Lipinski definition) is 8. The van der Waals surface area contributed by atoms with E-state index in [4.69, 9.17) is 4.98 Å². The molecular formula is C47H63N7O6S. The number of rotatable bonds is 17. The molecule has 0 spiro atoms. The van der Waals surface area contributed by atoms with Crippen LogP contribution in [0.5, 0.6) is 0 Å². The molecule has 2 aromatic carbocycles. The number of likely N-dealkylation sites (N-methyl/N-ethyl adjacent to an activating group) is 1. The van der Waals surface area contributed by atoms with Crippen molar-refractivity contribution in [3.05, 3.63) is 106 Å². The zero-order valence-electron chi connectivity index (χ0n) is 37.0. The van der Waals surface area contributed by atoms with Crippen LogP contribution < -0.4 is 10.6 Å². The monoisotopic (exact) mass is 853 g/mol. The van der Waals surface area contributed by atoms with Crippen molar-refractivity contribution < 1.29 is 29.4 Å². The molecule has 1 fully saturated rings. The molecule has 5 amide bonds. The summed E-state index contributed by atoms with van der Waals surface area (Å²) in [6.07, 6.45) is -0.0582. The van der Waals surface area contributed by atoms with E-state index in [1.807, 2.05) is 98.9 Å². The Bertz CT molecular complexity index is 2080. The molecule has 4 aromatic rings. The van der Waals surface area contributed by atoms with E-state index in [0.717, 1.165) is 38.0 Å². The molecule has 0 unspecified atom stereocenters. The summed E-state index contributed by atoms with van der Waals surface area (Å²) in [7, 11) is 1.38. The van der Waals surface area contributed by atoms with Gasteiger partial charge in [0.05, 0.1) is 35.1 Å². The van der Waals surface area contributed by atoms with Gasteiger partial charge in [0, 0.05) is 49.2 Å². The van der Waals surface area contributed by atoms with Crippen molar-refractivity contribution >= 4 is 35.3 Å². The van der Waals surface area contributed by atoms with E-state index in [1.165, 1.54) is 7.05 Å². The molecule has 5 rings (SSSR count). The van der Waals surface area contributed by atoms with E-state index < -0.39 is 53.1 Å². The number of nitrogens with one attached hydrogen (secondary N) is 2. The Morgan fingerprint density at radius 1 is 0.852 bits per heavy atom. The fourth-order valence-electron chi connectivity index (χ4n) is 8.08. The van der Waals surface area contributed by atoms with Crippen LogP contribution in [0.15, 0.2) is 84.4 Å². The van der Waals surface area contributed by atoms with E-state index >= 15 is 0 Å². The highest BCUT2D eigenvalue weighted by atomic mass is 32.1. The second-order valence-electron chi connectivity index (χ2n) is 18.6. The van der Waals surface area contributed by atoms with Gasteiger partial charge in [0.2, 0.25) is 11.8 Å². The van der Waals surface area contributed by atoms with Crippen molar-refractivity contribution in [3.8, 4) is 11.3 Å². The molecule has 61 heavy (non-hydrogen) atoms. The van der Waals surface area contributed by atoms with Crippen LogP contribution in [-0.2, 0) is 29.0 Å². The topological polar surface area (TPSA) is 168 Å². The van der Waals surface area contributed by atoms with Gasteiger partial charge in [-0.3, -0.25) is 19.5 Å². The lowest BCUT2D eigenvalue weighted by molar-refractivity contribution is -0.131. The zero-order chi connectivity index (χ0) is 44.6. The number of thiazole rings is 1. The van der Waals surface area contributed by atoms with Gasteiger partial charge in [-0.1, -0.05) is 116 Å². The Labute approximate surface area is 364 Å². The Balaban J connectivity index is 1.42. The van der Waals surface area contributed by atoms with E-state index in [-0.39, 0.29) is 30.7 Å². The smallest absolute Gasteiger partial charge is 0.407 e. The first-order valence-electron chi connectivity index (χ1n) is 21.0. The number of hydrogen-bond donors (Lipinski definition) is 4. The first-order valence-corrected chi connectivity index (χ1v) is 21.9. The largest absolute Gasteiger partial charge is 0.465 e. The number of aliphatic hydroxyl groups excluding tert-OH is 1. The third-order valence-corrected chi connectivity index (χ3v) is 12.2. The van der Waals surface area contributed by atoms with Crippen molar-refractivity contribution in [1.82, 2.24) is 35.3 Å². The molecule has 0 saturated carbocycles. The van der Waals surface area contributed by atoms with Gasteiger partial charge < -0.3 is 30.6 Å². The number of benzene rings is 2. The van der Waals surface area contributed by atoms with Crippen LogP contribution in [0.25, 0.3) is 11.3 Å². The highest BCUT2D eigenvalue weighted by Crippen LogP contribution is 2.30. The number of aromatic nitrogens is 2. The van der Waals surface area contributed by atoms with Gasteiger partial charge in [-0.2, -0.15) is 0 Å². The molecular weight excluding hydrogens is 791 g/mol. The molecule has 1 aliphatic rings. The van der Waals surface area contributed by atoms with Gasteiger partial charge in [-0.15, -0.1) is 11.3 Å². The van der Waals surface area contributed by atoms with Gasteiger partial charge >= 0.3 is 12.1 Å². The van der Waals surface area contributed by atoms with Crippen molar-refractivity contribution in [1.29, 1.82) is 0 Å². The summed E-state index contributed by atoms with van der Waals surface area (Å²) in [4.78, 5) is 68.5. The summed E-state index contributed by atoms with van der Waals surface area (Å²) in [5, 5.41) is 31.4. The Morgan fingerprint density at radius 2 is 1.51 bits per heavy atom. The summed E-state index contributed by atoms with van der Waals surface area (Å²) in [6.45, 7) is 16.5. The van der Waals surface area contributed by atoms with Gasteiger partial charge in [-0.05, 0) is 53.4 Å². The van der Waals surface area contributed by atoms with Crippen LogP contribution >= 0.6 is 11.3 Å². The van der Waals surface area contributed by atoms with Crippen molar-refractivity contribution in [2.24, 2.45) is 10.8 Å². The molecule has 13 nitrogen and oxygen atoms in total. The number of amides is 5. The molecule has 0 aliphatic carbocycles. The van der Waals surface area contributed by atoms with Crippen LogP contribution in [0.4, 0.5) is 9.59 Å². The van der Waals surface area contributed by atoms with Crippen LogP contribution in [0.2, 0.25) is 0 Å². The van der Waals surface area contributed by atoms with Crippen LogP contribution in [0.1, 0.15) is 89.6 Å². The highest BCUT2D eigenvalue weighted by Gasteiger charge is 2.45. The predicted molar refractivity (Wildman–Crippen MR) is 239 cm³/mol. The van der Waals surface area contributed by atoms with E-state index in [9.17, 15) is 29.4 Å². The summed E-state index contributed by atoms with van der Waals surface area (Å²) in [5.41, 5.74) is 2.89. The summed E-state index contributed by atoms with van der Waals surface area (Å²) < 4.78 is 0. The number of pyridine rings is 1. The maximum absolute atomic E-state index is 14.6. The fraction of sp³-hybridized carbons (Fsp3) is 0.489. The fourth-order valence-corrected chi connectivity index (χ4v) is 8.90. The standard InChI is InChI=1S/C47H63N7O6S/c1-30(2)43-50-35(29-61-43)28-53-23-24-54(44(53)58)40(47(6,7)8)42(57)51-37(26-31-15-11-10-12-16-31)38(55)27-34(49-41(56)39(46(3,4)5)52(9)45(59)60)25-32-18-20-33(21-19-32)36-17-13-14-22-48-36/h10-22,29-30,34,37-40,55H,23-28H2,1-9H3,(H,49,56)(H,51,57)(H,59,60)/t34-,37-,38-,39+,40+/m0/s1. The molecule has 1 saturated heterocycles. The maximum Gasteiger partial charge on any atom is 0.407 e. The molecule has 328 valence electrons.